The Labute approximate surface area is 172 Å². The fourth-order valence-corrected chi connectivity index (χ4v) is 4.68. The van der Waals surface area contributed by atoms with E-state index < -0.39 is 0 Å². The van der Waals surface area contributed by atoms with E-state index in [-0.39, 0.29) is 24.2 Å². The summed E-state index contributed by atoms with van der Waals surface area (Å²) in [6.07, 6.45) is 5.59. The number of benzene rings is 1. The second-order valence-electron chi connectivity index (χ2n) is 8.21. The molecule has 0 spiro atoms. The second-order valence-corrected chi connectivity index (χ2v) is 8.21. The van der Waals surface area contributed by atoms with E-state index in [0.717, 1.165) is 61.2 Å². The van der Waals surface area contributed by atoms with Gasteiger partial charge in [-0.15, -0.1) is 0 Å². The first kappa shape index (κ1) is 19.9. The van der Waals surface area contributed by atoms with Crippen LogP contribution in [0, 0.1) is 6.92 Å². The number of carbonyl (C=O) groups excluding carboxylic acids is 2. The highest BCUT2D eigenvalue weighted by atomic mass is 16.5. The van der Waals surface area contributed by atoms with Gasteiger partial charge in [-0.2, -0.15) is 0 Å². The molecule has 2 aliphatic rings. The van der Waals surface area contributed by atoms with Gasteiger partial charge in [0.1, 0.15) is 0 Å². The highest BCUT2D eigenvalue weighted by Crippen LogP contribution is 2.31. The van der Waals surface area contributed by atoms with Crippen molar-refractivity contribution in [2.24, 2.45) is 0 Å². The number of ketones is 1. The van der Waals surface area contributed by atoms with Gasteiger partial charge in [0, 0.05) is 36.5 Å². The quantitative estimate of drug-likeness (QED) is 0.783. The van der Waals surface area contributed by atoms with Gasteiger partial charge >= 0.3 is 0 Å². The van der Waals surface area contributed by atoms with Crippen LogP contribution in [0.5, 0.6) is 0 Å². The molecule has 2 aromatic rings. The number of rotatable bonds is 7. The van der Waals surface area contributed by atoms with E-state index in [1.807, 2.05) is 6.07 Å². The van der Waals surface area contributed by atoms with Crippen LogP contribution < -0.4 is 5.32 Å². The van der Waals surface area contributed by atoms with Crippen LogP contribution in [0.1, 0.15) is 58.6 Å². The molecule has 1 fully saturated rings. The molecule has 1 aromatic heterocycles. The molecule has 1 aliphatic carbocycles. The first-order valence-corrected chi connectivity index (χ1v) is 10.8. The minimum atomic E-state index is -0.00814. The van der Waals surface area contributed by atoms with Crippen molar-refractivity contribution in [2.75, 3.05) is 13.2 Å². The zero-order chi connectivity index (χ0) is 20.2. The van der Waals surface area contributed by atoms with E-state index in [4.69, 9.17) is 4.74 Å². The second kappa shape index (κ2) is 8.95. The molecule has 5 nitrogen and oxygen atoms in total. The SMILES string of the molecule is Cc1c(CC(=O)N[C@H]2CCOC2)c2c(n1CCCc1ccccc1)CCCC2=O. The highest BCUT2D eigenvalue weighted by molar-refractivity contribution is 6.01. The molecule has 154 valence electrons. The van der Waals surface area contributed by atoms with E-state index >= 15 is 0 Å². The van der Waals surface area contributed by atoms with Crippen molar-refractivity contribution in [3.63, 3.8) is 0 Å². The third-order valence-corrected chi connectivity index (χ3v) is 6.18. The maximum Gasteiger partial charge on any atom is 0.224 e. The average molecular weight is 395 g/mol. The number of fused-ring (bicyclic) bond motifs is 1. The van der Waals surface area contributed by atoms with Gasteiger partial charge in [0.05, 0.1) is 19.1 Å². The monoisotopic (exact) mass is 394 g/mol. The Hall–Kier alpha value is -2.40. The first-order chi connectivity index (χ1) is 14.1. The molecule has 2 heterocycles. The van der Waals surface area contributed by atoms with Crippen LogP contribution >= 0.6 is 0 Å². The number of Topliss-reactive ketones (excluding diaryl/α,β-unsaturated/α-hetero) is 1. The van der Waals surface area contributed by atoms with Gasteiger partial charge in [-0.25, -0.2) is 0 Å². The number of hydrogen-bond donors (Lipinski definition) is 1. The summed E-state index contributed by atoms with van der Waals surface area (Å²) in [5, 5.41) is 3.07. The van der Waals surface area contributed by atoms with Crippen LogP contribution in [0.15, 0.2) is 30.3 Å². The van der Waals surface area contributed by atoms with Crippen molar-refractivity contribution in [1.82, 2.24) is 9.88 Å². The number of amides is 1. The highest BCUT2D eigenvalue weighted by Gasteiger charge is 2.29. The summed E-state index contributed by atoms with van der Waals surface area (Å²) in [5.74, 6) is 0.189. The minimum absolute atomic E-state index is 0.00814. The molecular weight excluding hydrogens is 364 g/mol. The Bertz CT molecular complexity index is 879. The van der Waals surface area contributed by atoms with Crippen molar-refractivity contribution in [3.05, 3.63) is 58.4 Å². The smallest absolute Gasteiger partial charge is 0.224 e. The van der Waals surface area contributed by atoms with Gasteiger partial charge in [0.25, 0.3) is 0 Å². The van der Waals surface area contributed by atoms with E-state index in [2.05, 4.69) is 41.1 Å². The molecule has 1 aromatic carbocycles. The lowest BCUT2D eigenvalue weighted by Gasteiger charge is -2.16. The molecule has 4 rings (SSSR count). The molecule has 1 atom stereocenters. The third kappa shape index (κ3) is 4.45. The zero-order valence-corrected chi connectivity index (χ0v) is 17.2. The Morgan fingerprint density at radius 2 is 2.07 bits per heavy atom. The summed E-state index contributed by atoms with van der Waals surface area (Å²) >= 11 is 0. The molecule has 1 aliphatic heterocycles. The zero-order valence-electron chi connectivity index (χ0n) is 17.2. The summed E-state index contributed by atoms with van der Waals surface area (Å²) in [7, 11) is 0. The van der Waals surface area contributed by atoms with Crippen LogP contribution in [-0.4, -0.2) is 35.5 Å². The molecule has 1 saturated heterocycles. The van der Waals surface area contributed by atoms with Gasteiger partial charge in [-0.05, 0) is 50.2 Å². The number of ether oxygens (including phenoxy) is 1. The average Bonchev–Trinajstić information content (AvgIpc) is 3.31. The van der Waals surface area contributed by atoms with Crippen molar-refractivity contribution in [3.8, 4) is 0 Å². The summed E-state index contributed by atoms with van der Waals surface area (Å²) < 4.78 is 7.65. The van der Waals surface area contributed by atoms with Gasteiger partial charge in [0.2, 0.25) is 5.91 Å². The number of aromatic nitrogens is 1. The lowest BCUT2D eigenvalue weighted by atomic mass is 9.92. The summed E-state index contributed by atoms with van der Waals surface area (Å²) in [4.78, 5) is 25.4. The Morgan fingerprint density at radius 1 is 1.24 bits per heavy atom. The topological polar surface area (TPSA) is 60.3 Å². The van der Waals surface area contributed by atoms with E-state index in [1.165, 1.54) is 5.56 Å². The first-order valence-electron chi connectivity index (χ1n) is 10.8. The fraction of sp³-hybridized carbons (Fsp3) is 0.500. The number of nitrogens with one attached hydrogen (secondary N) is 1. The van der Waals surface area contributed by atoms with Crippen molar-refractivity contribution in [1.29, 1.82) is 0 Å². The molecule has 5 heteroatoms. The van der Waals surface area contributed by atoms with Gasteiger partial charge in [-0.1, -0.05) is 30.3 Å². The minimum Gasteiger partial charge on any atom is -0.379 e. The molecule has 0 bridgehead atoms. The van der Waals surface area contributed by atoms with Crippen molar-refractivity contribution >= 4 is 11.7 Å². The van der Waals surface area contributed by atoms with E-state index in [0.29, 0.717) is 19.6 Å². The van der Waals surface area contributed by atoms with Crippen LogP contribution in [0.4, 0.5) is 0 Å². The van der Waals surface area contributed by atoms with Crippen LogP contribution in [-0.2, 0) is 35.3 Å². The van der Waals surface area contributed by atoms with Gasteiger partial charge < -0.3 is 14.6 Å². The predicted octanol–water partition coefficient (Wildman–Crippen LogP) is 3.40. The van der Waals surface area contributed by atoms with Crippen LogP contribution in [0.3, 0.4) is 0 Å². The lowest BCUT2D eigenvalue weighted by molar-refractivity contribution is -0.121. The summed E-state index contributed by atoms with van der Waals surface area (Å²) in [5.41, 5.74) is 5.31. The summed E-state index contributed by atoms with van der Waals surface area (Å²) in [6, 6.07) is 10.6. The summed E-state index contributed by atoms with van der Waals surface area (Å²) in [6.45, 7) is 4.24. The lowest BCUT2D eigenvalue weighted by Crippen LogP contribution is -2.36. The van der Waals surface area contributed by atoms with Crippen molar-refractivity contribution in [2.45, 2.75) is 64.5 Å². The molecule has 1 N–H and O–H groups in total. The molecule has 0 unspecified atom stereocenters. The Morgan fingerprint density at radius 3 is 2.83 bits per heavy atom. The standard InChI is InChI=1S/C24H30N2O3/c1-17-20(15-23(28)25-19-12-14-29-16-19)24-21(10-5-11-22(24)27)26(17)13-6-9-18-7-3-2-4-8-18/h2-4,7-8,19H,5-6,9-16H2,1H3,(H,25,28)/t19-/m0/s1. The molecule has 1 amide bonds. The molecule has 0 saturated carbocycles. The van der Waals surface area contributed by atoms with E-state index in [1.54, 1.807) is 0 Å². The van der Waals surface area contributed by atoms with Crippen molar-refractivity contribution < 1.29 is 14.3 Å². The number of carbonyl (C=O) groups is 2. The third-order valence-electron chi connectivity index (χ3n) is 6.18. The number of hydrogen-bond acceptors (Lipinski definition) is 3. The molecule has 29 heavy (non-hydrogen) atoms. The van der Waals surface area contributed by atoms with Crippen LogP contribution in [0.2, 0.25) is 0 Å². The van der Waals surface area contributed by atoms with E-state index in [9.17, 15) is 9.59 Å². The van der Waals surface area contributed by atoms with Gasteiger partial charge in [0.15, 0.2) is 5.78 Å². The van der Waals surface area contributed by atoms with Gasteiger partial charge in [-0.3, -0.25) is 9.59 Å². The number of aryl methyl sites for hydroxylation is 1. The maximum atomic E-state index is 12.7. The number of nitrogens with zero attached hydrogens (tertiary/aromatic N) is 1. The Balaban J connectivity index is 1.51. The Kier molecular flexibility index (Phi) is 6.14. The fourth-order valence-electron chi connectivity index (χ4n) is 4.68. The largest absolute Gasteiger partial charge is 0.379 e. The van der Waals surface area contributed by atoms with Crippen LogP contribution in [0.25, 0.3) is 0 Å². The predicted molar refractivity (Wildman–Crippen MR) is 112 cm³/mol. The molecular formula is C24H30N2O3. The molecule has 0 radical (unpaired) electrons. The normalized spacial score (nSPS) is 18.7. The maximum absolute atomic E-state index is 12.7.